The standard InChI is InChI=1S/C14H23N3O5/c1-8(2)6-9(11(19)20)17-10(18)7-16-13(22)14(4-5-14)12(21)15-3/h8-9H,4-7H2,1-3H3,(H,15,21)(H,16,22)(H,17,18)(H,19,20)/t9-/m0/s1. The van der Waals surface area contributed by atoms with Gasteiger partial charge in [-0.25, -0.2) is 4.79 Å². The van der Waals surface area contributed by atoms with E-state index < -0.39 is 29.2 Å². The van der Waals surface area contributed by atoms with Gasteiger partial charge in [0.25, 0.3) is 0 Å². The van der Waals surface area contributed by atoms with Crippen LogP contribution in [0.15, 0.2) is 0 Å². The maximum absolute atomic E-state index is 12.0. The van der Waals surface area contributed by atoms with Gasteiger partial charge in [-0.3, -0.25) is 14.4 Å². The number of aliphatic carboxylic acids is 1. The Morgan fingerprint density at radius 3 is 2.14 bits per heavy atom. The maximum Gasteiger partial charge on any atom is 0.326 e. The highest BCUT2D eigenvalue weighted by atomic mass is 16.4. The van der Waals surface area contributed by atoms with Gasteiger partial charge < -0.3 is 21.1 Å². The Morgan fingerprint density at radius 1 is 1.14 bits per heavy atom. The Morgan fingerprint density at radius 2 is 1.73 bits per heavy atom. The number of carbonyl (C=O) groups excluding carboxylic acids is 3. The van der Waals surface area contributed by atoms with Crippen LogP contribution in [-0.4, -0.2) is 48.4 Å². The van der Waals surface area contributed by atoms with E-state index in [0.717, 1.165) is 0 Å². The third kappa shape index (κ3) is 4.44. The summed E-state index contributed by atoms with van der Waals surface area (Å²) in [5.41, 5.74) is -1.07. The maximum atomic E-state index is 12.0. The molecule has 8 nitrogen and oxygen atoms in total. The fourth-order valence-corrected chi connectivity index (χ4v) is 2.19. The largest absolute Gasteiger partial charge is 0.480 e. The van der Waals surface area contributed by atoms with Crippen molar-refractivity contribution in [2.45, 2.75) is 39.2 Å². The number of hydrogen-bond acceptors (Lipinski definition) is 4. The zero-order chi connectivity index (χ0) is 16.9. The molecular weight excluding hydrogens is 290 g/mol. The predicted octanol–water partition coefficient (Wildman–Crippen LogP) is -0.756. The lowest BCUT2D eigenvalue weighted by atomic mass is 10.0. The minimum absolute atomic E-state index is 0.110. The Kier molecular flexibility index (Phi) is 5.90. The number of carboxylic acids is 1. The van der Waals surface area contributed by atoms with Crippen LogP contribution in [0.3, 0.4) is 0 Å². The minimum Gasteiger partial charge on any atom is -0.480 e. The highest BCUT2D eigenvalue weighted by Gasteiger charge is 2.56. The van der Waals surface area contributed by atoms with Crippen LogP contribution in [0.1, 0.15) is 33.1 Å². The quantitative estimate of drug-likeness (QED) is 0.439. The van der Waals surface area contributed by atoms with E-state index in [2.05, 4.69) is 16.0 Å². The van der Waals surface area contributed by atoms with E-state index in [-0.39, 0.29) is 18.4 Å². The molecule has 22 heavy (non-hydrogen) atoms. The van der Waals surface area contributed by atoms with Crippen molar-refractivity contribution in [3.63, 3.8) is 0 Å². The van der Waals surface area contributed by atoms with E-state index >= 15 is 0 Å². The molecule has 0 unspecified atom stereocenters. The van der Waals surface area contributed by atoms with Gasteiger partial charge in [0, 0.05) is 7.05 Å². The fraction of sp³-hybridized carbons (Fsp3) is 0.714. The number of hydrogen-bond donors (Lipinski definition) is 4. The predicted molar refractivity (Wildman–Crippen MR) is 77.8 cm³/mol. The summed E-state index contributed by atoms with van der Waals surface area (Å²) in [6.07, 6.45) is 1.20. The monoisotopic (exact) mass is 313 g/mol. The molecule has 0 aromatic carbocycles. The van der Waals surface area contributed by atoms with Gasteiger partial charge in [0.1, 0.15) is 11.5 Å². The van der Waals surface area contributed by atoms with Gasteiger partial charge in [0.2, 0.25) is 17.7 Å². The lowest BCUT2D eigenvalue weighted by Crippen LogP contribution is -2.48. The summed E-state index contributed by atoms with van der Waals surface area (Å²) in [5, 5.41) is 16.2. The molecule has 0 bridgehead atoms. The van der Waals surface area contributed by atoms with Crippen molar-refractivity contribution in [1.82, 2.24) is 16.0 Å². The van der Waals surface area contributed by atoms with Crippen molar-refractivity contribution in [2.24, 2.45) is 11.3 Å². The molecule has 0 aromatic rings. The lowest BCUT2D eigenvalue weighted by molar-refractivity contribution is -0.142. The van der Waals surface area contributed by atoms with Crippen LogP contribution in [0.25, 0.3) is 0 Å². The second kappa shape index (κ2) is 7.24. The summed E-state index contributed by atoms with van der Waals surface area (Å²) in [6.45, 7) is 3.35. The van der Waals surface area contributed by atoms with Crippen LogP contribution in [0.4, 0.5) is 0 Å². The van der Waals surface area contributed by atoms with Crippen molar-refractivity contribution < 1.29 is 24.3 Å². The smallest absolute Gasteiger partial charge is 0.326 e. The average molecular weight is 313 g/mol. The van der Waals surface area contributed by atoms with Gasteiger partial charge in [0.15, 0.2) is 0 Å². The molecule has 8 heteroatoms. The second-order valence-electron chi connectivity index (χ2n) is 5.93. The SMILES string of the molecule is CNC(=O)C1(C(=O)NCC(=O)N[C@@H](CC(C)C)C(=O)O)CC1. The molecule has 0 aromatic heterocycles. The second-order valence-corrected chi connectivity index (χ2v) is 5.93. The van der Waals surface area contributed by atoms with Crippen LogP contribution >= 0.6 is 0 Å². The van der Waals surface area contributed by atoms with E-state index in [1.807, 2.05) is 13.8 Å². The third-order valence-corrected chi connectivity index (χ3v) is 3.60. The summed E-state index contributed by atoms with van der Waals surface area (Å²) in [6, 6.07) is -0.988. The van der Waals surface area contributed by atoms with Crippen LogP contribution in [-0.2, 0) is 19.2 Å². The normalized spacial score (nSPS) is 16.5. The van der Waals surface area contributed by atoms with Gasteiger partial charge in [-0.1, -0.05) is 13.8 Å². The van der Waals surface area contributed by atoms with Crippen molar-refractivity contribution in [3.8, 4) is 0 Å². The van der Waals surface area contributed by atoms with Gasteiger partial charge in [-0.2, -0.15) is 0 Å². The van der Waals surface area contributed by atoms with E-state index in [9.17, 15) is 19.2 Å². The zero-order valence-corrected chi connectivity index (χ0v) is 13.1. The summed E-state index contributed by atoms with van der Waals surface area (Å²) in [4.78, 5) is 46.4. The van der Waals surface area contributed by atoms with Crippen LogP contribution in [0.5, 0.6) is 0 Å². The fourth-order valence-electron chi connectivity index (χ4n) is 2.19. The first-order valence-electron chi connectivity index (χ1n) is 7.25. The molecule has 0 saturated heterocycles. The molecule has 1 rings (SSSR count). The Labute approximate surface area is 129 Å². The first kappa shape index (κ1) is 17.9. The van der Waals surface area contributed by atoms with Crippen molar-refractivity contribution in [1.29, 1.82) is 0 Å². The summed E-state index contributed by atoms with van der Waals surface area (Å²) < 4.78 is 0. The molecule has 1 saturated carbocycles. The Balaban J connectivity index is 2.47. The summed E-state index contributed by atoms with van der Waals surface area (Å²) in [7, 11) is 1.45. The molecule has 1 aliphatic rings. The Hall–Kier alpha value is -2.12. The third-order valence-electron chi connectivity index (χ3n) is 3.60. The molecule has 1 atom stereocenters. The molecule has 1 aliphatic carbocycles. The molecule has 0 spiro atoms. The average Bonchev–Trinajstić information content (AvgIpc) is 3.24. The van der Waals surface area contributed by atoms with Gasteiger partial charge in [-0.05, 0) is 25.2 Å². The van der Waals surface area contributed by atoms with Crippen LogP contribution in [0, 0.1) is 11.3 Å². The van der Waals surface area contributed by atoms with Crippen molar-refractivity contribution in [2.75, 3.05) is 13.6 Å². The van der Waals surface area contributed by atoms with E-state index in [1.165, 1.54) is 7.05 Å². The Bertz CT molecular complexity index is 471. The van der Waals surface area contributed by atoms with E-state index in [1.54, 1.807) is 0 Å². The number of carboxylic acid groups (broad SMARTS) is 1. The molecule has 4 N–H and O–H groups in total. The zero-order valence-electron chi connectivity index (χ0n) is 13.1. The van der Waals surface area contributed by atoms with Crippen molar-refractivity contribution >= 4 is 23.7 Å². The molecular formula is C14H23N3O5. The topological polar surface area (TPSA) is 125 Å². The minimum atomic E-state index is -1.11. The molecule has 0 radical (unpaired) electrons. The number of rotatable bonds is 8. The first-order valence-corrected chi connectivity index (χ1v) is 7.25. The molecule has 0 heterocycles. The molecule has 3 amide bonds. The number of nitrogens with one attached hydrogen (secondary N) is 3. The van der Waals surface area contributed by atoms with Crippen LogP contribution < -0.4 is 16.0 Å². The molecule has 124 valence electrons. The van der Waals surface area contributed by atoms with Gasteiger partial charge in [0.05, 0.1) is 6.54 Å². The highest BCUT2D eigenvalue weighted by Crippen LogP contribution is 2.45. The first-order chi connectivity index (χ1) is 10.2. The van der Waals surface area contributed by atoms with E-state index in [4.69, 9.17) is 5.11 Å². The summed E-state index contributed by atoms with van der Waals surface area (Å²) >= 11 is 0. The number of carbonyl (C=O) groups is 4. The van der Waals surface area contributed by atoms with Gasteiger partial charge >= 0.3 is 5.97 Å². The van der Waals surface area contributed by atoms with E-state index in [0.29, 0.717) is 19.3 Å². The highest BCUT2D eigenvalue weighted by molar-refractivity contribution is 6.08. The van der Waals surface area contributed by atoms with Crippen LogP contribution in [0.2, 0.25) is 0 Å². The van der Waals surface area contributed by atoms with Crippen molar-refractivity contribution in [3.05, 3.63) is 0 Å². The molecule has 0 aliphatic heterocycles. The number of amides is 3. The van der Waals surface area contributed by atoms with Gasteiger partial charge in [-0.15, -0.1) is 0 Å². The summed E-state index contributed by atoms with van der Waals surface area (Å²) in [5.74, 6) is -2.46. The lowest BCUT2D eigenvalue weighted by Gasteiger charge is -2.17. The molecule has 1 fully saturated rings.